The molecule has 1 aromatic heterocycles. The first-order valence-electron chi connectivity index (χ1n) is 11.2. The van der Waals surface area contributed by atoms with Gasteiger partial charge in [0.2, 0.25) is 5.75 Å². The molecule has 0 saturated carbocycles. The van der Waals surface area contributed by atoms with Crippen LogP contribution in [0.3, 0.4) is 0 Å². The first-order valence-corrected chi connectivity index (χ1v) is 11.2. The fourth-order valence-electron chi connectivity index (χ4n) is 4.31. The zero-order chi connectivity index (χ0) is 23.8. The molecule has 0 bridgehead atoms. The van der Waals surface area contributed by atoms with Crippen LogP contribution in [0.25, 0.3) is 0 Å². The summed E-state index contributed by atoms with van der Waals surface area (Å²) in [5, 5.41) is 0. The van der Waals surface area contributed by atoms with Crippen LogP contribution in [-0.2, 0) is 11.2 Å². The van der Waals surface area contributed by atoms with Gasteiger partial charge in [0.15, 0.2) is 11.5 Å². The summed E-state index contributed by atoms with van der Waals surface area (Å²) in [4.78, 5) is 34.3. The molecule has 0 N–H and O–H groups in total. The molecule has 1 saturated heterocycles. The predicted molar refractivity (Wildman–Crippen MR) is 125 cm³/mol. The summed E-state index contributed by atoms with van der Waals surface area (Å²) in [6.07, 6.45) is 7.43. The fraction of sp³-hybridized carbons (Fsp3) is 0.480. The molecule has 1 aromatic carbocycles. The van der Waals surface area contributed by atoms with Gasteiger partial charge in [0, 0.05) is 37.1 Å². The SMILES string of the molecule is COc1cc(C(=O)C(=O)N2CCC[C@H]2CN(C)CCCc2cccnc2)cc(OC)c1OC. The van der Waals surface area contributed by atoms with Crippen LogP contribution in [-0.4, -0.2) is 80.5 Å². The van der Waals surface area contributed by atoms with Crippen molar-refractivity contribution in [3.8, 4) is 17.2 Å². The molecular formula is C25H33N3O5. The maximum Gasteiger partial charge on any atom is 0.295 e. The second-order valence-corrected chi connectivity index (χ2v) is 8.26. The van der Waals surface area contributed by atoms with Gasteiger partial charge in [-0.1, -0.05) is 6.07 Å². The summed E-state index contributed by atoms with van der Waals surface area (Å²) in [7, 11) is 6.52. The molecule has 0 aliphatic carbocycles. The van der Waals surface area contributed by atoms with Crippen LogP contribution in [0.15, 0.2) is 36.7 Å². The van der Waals surface area contributed by atoms with E-state index < -0.39 is 11.7 Å². The molecule has 2 heterocycles. The molecule has 1 aliphatic rings. The Morgan fingerprint density at radius 2 is 1.88 bits per heavy atom. The second kappa shape index (κ2) is 11.7. The van der Waals surface area contributed by atoms with Crippen LogP contribution >= 0.6 is 0 Å². The van der Waals surface area contributed by atoms with Crippen molar-refractivity contribution in [1.82, 2.24) is 14.8 Å². The molecule has 1 atom stereocenters. The highest BCUT2D eigenvalue weighted by Crippen LogP contribution is 2.38. The highest BCUT2D eigenvalue weighted by molar-refractivity contribution is 6.43. The maximum atomic E-state index is 13.1. The molecule has 1 fully saturated rings. The number of likely N-dealkylation sites (tertiary alicyclic amines) is 1. The van der Waals surface area contributed by atoms with Gasteiger partial charge >= 0.3 is 0 Å². The minimum Gasteiger partial charge on any atom is -0.493 e. The van der Waals surface area contributed by atoms with E-state index in [4.69, 9.17) is 14.2 Å². The van der Waals surface area contributed by atoms with Gasteiger partial charge in [-0.15, -0.1) is 0 Å². The van der Waals surface area contributed by atoms with Crippen LogP contribution in [0.5, 0.6) is 17.2 Å². The average Bonchev–Trinajstić information content (AvgIpc) is 3.30. The average molecular weight is 456 g/mol. The van der Waals surface area contributed by atoms with Crippen molar-refractivity contribution in [2.24, 2.45) is 0 Å². The number of methoxy groups -OCH3 is 3. The minimum absolute atomic E-state index is 0.0203. The molecule has 178 valence electrons. The number of nitrogens with zero attached hydrogens (tertiary/aromatic N) is 3. The monoisotopic (exact) mass is 455 g/mol. The summed E-state index contributed by atoms with van der Waals surface area (Å²) in [5.74, 6) is 0.0190. The topological polar surface area (TPSA) is 81.2 Å². The zero-order valence-corrected chi connectivity index (χ0v) is 19.9. The Hall–Kier alpha value is -3.13. The molecule has 2 aromatic rings. The van der Waals surface area contributed by atoms with Crippen molar-refractivity contribution in [1.29, 1.82) is 0 Å². The first-order chi connectivity index (χ1) is 16.0. The molecule has 0 radical (unpaired) electrons. The van der Waals surface area contributed by atoms with Crippen molar-refractivity contribution in [3.05, 3.63) is 47.8 Å². The van der Waals surface area contributed by atoms with Crippen molar-refractivity contribution in [2.45, 2.75) is 31.7 Å². The molecule has 8 nitrogen and oxygen atoms in total. The number of carbonyl (C=O) groups excluding carboxylic acids is 2. The lowest BCUT2D eigenvalue weighted by Gasteiger charge is -2.28. The van der Waals surface area contributed by atoms with Crippen LogP contribution in [0, 0.1) is 0 Å². The number of pyridine rings is 1. The third-order valence-corrected chi connectivity index (χ3v) is 6.01. The largest absolute Gasteiger partial charge is 0.493 e. The van der Waals surface area contributed by atoms with Crippen molar-refractivity contribution in [2.75, 3.05) is 48.0 Å². The third kappa shape index (κ3) is 6.01. The van der Waals surface area contributed by atoms with Gasteiger partial charge in [-0.25, -0.2) is 0 Å². The Bertz CT molecular complexity index is 925. The maximum absolute atomic E-state index is 13.1. The molecule has 0 unspecified atom stereocenters. The lowest BCUT2D eigenvalue weighted by molar-refractivity contribution is -0.127. The Labute approximate surface area is 195 Å². The van der Waals surface area contributed by atoms with E-state index in [0.29, 0.717) is 23.8 Å². The van der Waals surface area contributed by atoms with Crippen LogP contribution in [0.2, 0.25) is 0 Å². The summed E-state index contributed by atoms with van der Waals surface area (Å²) in [6.45, 7) is 2.23. The number of ketones is 1. The number of aromatic nitrogens is 1. The van der Waals surface area contributed by atoms with Gasteiger partial charge in [0.25, 0.3) is 11.7 Å². The smallest absolute Gasteiger partial charge is 0.295 e. The fourth-order valence-corrected chi connectivity index (χ4v) is 4.31. The number of benzene rings is 1. The van der Waals surface area contributed by atoms with E-state index in [1.807, 2.05) is 12.3 Å². The zero-order valence-electron chi connectivity index (χ0n) is 19.9. The summed E-state index contributed by atoms with van der Waals surface area (Å²) >= 11 is 0. The number of hydrogen-bond acceptors (Lipinski definition) is 7. The van der Waals surface area contributed by atoms with Gasteiger partial charge in [-0.3, -0.25) is 14.6 Å². The number of amides is 1. The van der Waals surface area contributed by atoms with Crippen LogP contribution < -0.4 is 14.2 Å². The van der Waals surface area contributed by atoms with Gasteiger partial charge < -0.3 is 24.0 Å². The van der Waals surface area contributed by atoms with E-state index in [9.17, 15) is 9.59 Å². The standard InChI is InChI=1S/C25H33N3O5/c1-27(12-6-9-18-8-5-11-26-16-18)17-20-10-7-13-28(20)25(30)23(29)19-14-21(31-2)24(33-4)22(15-19)32-3/h5,8,11,14-16,20H,6-7,9-10,12-13,17H2,1-4H3/t20-/m0/s1. The molecule has 3 rings (SSSR count). The molecule has 0 spiro atoms. The molecule has 33 heavy (non-hydrogen) atoms. The molecule has 8 heteroatoms. The van der Waals surface area contributed by atoms with E-state index in [0.717, 1.165) is 38.8 Å². The van der Waals surface area contributed by atoms with E-state index in [1.54, 1.807) is 11.1 Å². The van der Waals surface area contributed by atoms with Crippen molar-refractivity contribution < 1.29 is 23.8 Å². The van der Waals surface area contributed by atoms with Gasteiger partial charge in [0.05, 0.1) is 21.3 Å². The van der Waals surface area contributed by atoms with Gasteiger partial charge in [-0.2, -0.15) is 0 Å². The number of carbonyl (C=O) groups is 2. The predicted octanol–water partition coefficient (Wildman–Crippen LogP) is 2.85. The van der Waals surface area contributed by atoms with E-state index in [-0.39, 0.29) is 11.6 Å². The third-order valence-electron chi connectivity index (χ3n) is 6.01. The van der Waals surface area contributed by atoms with Crippen LogP contribution in [0.4, 0.5) is 0 Å². The highest BCUT2D eigenvalue weighted by Gasteiger charge is 2.34. The number of hydrogen-bond donors (Lipinski definition) is 0. The number of ether oxygens (including phenoxy) is 3. The van der Waals surface area contributed by atoms with Gasteiger partial charge in [-0.05, 0) is 63.0 Å². The first kappa shape index (κ1) is 24.5. The Morgan fingerprint density at radius 1 is 1.15 bits per heavy atom. The molecular weight excluding hydrogens is 422 g/mol. The number of rotatable bonds is 11. The lowest BCUT2D eigenvalue weighted by atomic mass is 10.1. The Kier molecular flexibility index (Phi) is 8.65. The quantitative estimate of drug-likeness (QED) is 0.381. The Morgan fingerprint density at radius 3 is 2.48 bits per heavy atom. The van der Waals surface area contributed by atoms with Gasteiger partial charge in [0.1, 0.15) is 0 Å². The van der Waals surface area contributed by atoms with E-state index in [2.05, 4.69) is 23.0 Å². The summed E-state index contributed by atoms with van der Waals surface area (Å²) in [5.41, 5.74) is 1.45. The normalized spacial score (nSPS) is 15.5. The van der Waals surface area contributed by atoms with E-state index in [1.165, 1.54) is 39.0 Å². The molecule has 1 amide bonds. The number of likely N-dealkylation sites (N-methyl/N-ethyl adjacent to an activating group) is 1. The number of aryl methyl sites for hydroxylation is 1. The lowest BCUT2D eigenvalue weighted by Crippen LogP contribution is -2.45. The second-order valence-electron chi connectivity index (χ2n) is 8.26. The van der Waals surface area contributed by atoms with E-state index >= 15 is 0 Å². The summed E-state index contributed by atoms with van der Waals surface area (Å²) < 4.78 is 16.0. The minimum atomic E-state index is -0.569. The van der Waals surface area contributed by atoms with Crippen LogP contribution in [0.1, 0.15) is 35.2 Å². The van der Waals surface area contributed by atoms with Crippen molar-refractivity contribution in [3.63, 3.8) is 0 Å². The highest BCUT2D eigenvalue weighted by atomic mass is 16.5. The molecule has 1 aliphatic heterocycles. The number of Topliss-reactive ketones (excluding diaryl/α,β-unsaturated/α-hetero) is 1. The van der Waals surface area contributed by atoms with Crippen molar-refractivity contribution >= 4 is 11.7 Å². The Balaban J connectivity index is 1.62. The summed E-state index contributed by atoms with van der Waals surface area (Å²) in [6, 6.07) is 7.10.